The number of carbonyl (C=O) groups excluding carboxylic acids is 1. The predicted molar refractivity (Wildman–Crippen MR) is 54.3 cm³/mol. The average Bonchev–Trinajstić information content (AvgIpc) is 2.40. The van der Waals surface area contributed by atoms with Crippen LogP contribution >= 0.6 is 27.5 Å². The lowest BCUT2D eigenvalue weighted by molar-refractivity contribution is 0.112. The Kier molecular flexibility index (Phi) is 2.14. The summed E-state index contributed by atoms with van der Waals surface area (Å²) in [5, 5.41) is 0.873. The van der Waals surface area contributed by atoms with Gasteiger partial charge in [-0.2, -0.15) is 0 Å². The standard InChI is InChI=1S/C9H4BrClO2/c10-5-1-2-8-6(3-5)7(4-12)9(11)13-8/h1-4H. The van der Waals surface area contributed by atoms with Crippen molar-refractivity contribution in [2.75, 3.05) is 0 Å². The quantitative estimate of drug-likeness (QED) is 0.732. The maximum atomic E-state index is 10.7. The van der Waals surface area contributed by atoms with E-state index in [0.717, 1.165) is 9.86 Å². The van der Waals surface area contributed by atoms with Gasteiger partial charge in [-0.3, -0.25) is 4.79 Å². The largest absolute Gasteiger partial charge is 0.444 e. The second-order valence-electron chi connectivity index (χ2n) is 2.55. The minimum absolute atomic E-state index is 0.142. The molecule has 0 saturated carbocycles. The SMILES string of the molecule is O=Cc1c(Cl)oc2ccc(Br)cc12. The lowest BCUT2D eigenvalue weighted by Gasteiger charge is -1.89. The first kappa shape index (κ1) is 8.78. The first-order valence-electron chi connectivity index (χ1n) is 3.55. The zero-order valence-corrected chi connectivity index (χ0v) is 8.72. The van der Waals surface area contributed by atoms with E-state index in [1.54, 1.807) is 12.1 Å². The van der Waals surface area contributed by atoms with Gasteiger partial charge >= 0.3 is 0 Å². The van der Waals surface area contributed by atoms with Crippen LogP contribution in [-0.2, 0) is 0 Å². The van der Waals surface area contributed by atoms with E-state index in [1.165, 1.54) is 0 Å². The van der Waals surface area contributed by atoms with Crippen molar-refractivity contribution < 1.29 is 9.21 Å². The number of aldehydes is 1. The van der Waals surface area contributed by atoms with Crippen molar-refractivity contribution in [3.05, 3.63) is 33.5 Å². The Morgan fingerprint density at radius 1 is 1.46 bits per heavy atom. The number of hydrogen-bond acceptors (Lipinski definition) is 2. The number of fused-ring (bicyclic) bond motifs is 1. The average molecular weight is 259 g/mol. The maximum Gasteiger partial charge on any atom is 0.205 e. The Labute approximate surface area is 87.6 Å². The van der Waals surface area contributed by atoms with Gasteiger partial charge in [0.1, 0.15) is 5.58 Å². The molecular formula is C9H4BrClO2. The van der Waals surface area contributed by atoms with Gasteiger partial charge in [-0.05, 0) is 29.8 Å². The van der Waals surface area contributed by atoms with Crippen LogP contribution < -0.4 is 0 Å². The van der Waals surface area contributed by atoms with Gasteiger partial charge < -0.3 is 4.42 Å². The Bertz CT molecular complexity index is 476. The second kappa shape index (κ2) is 3.16. The van der Waals surface area contributed by atoms with Gasteiger partial charge in [0.2, 0.25) is 5.22 Å². The minimum atomic E-state index is 0.142. The summed E-state index contributed by atoms with van der Waals surface area (Å²) >= 11 is 9.01. The number of halogens is 2. The summed E-state index contributed by atoms with van der Waals surface area (Å²) in [5.74, 6) is 0. The fourth-order valence-corrected chi connectivity index (χ4v) is 1.76. The van der Waals surface area contributed by atoms with Crippen LogP contribution in [0.15, 0.2) is 27.1 Å². The third kappa shape index (κ3) is 1.38. The molecule has 4 heteroatoms. The van der Waals surface area contributed by atoms with Crippen molar-refractivity contribution in [3.63, 3.8) is 0 Å². The topological polar surface area (TPSA) is 30.2 Å². The fraction of sp³-hybridized carbons (Fsp3) is 0. The van der Waals surface area contributed by atoms with Crippen molar-refractivity contribution in [1.82, 2.24) is 0 Å². The van der Waals surface area contributed by atoms with Crippen molar-refractivity contribution in [2.24, 2.45) is 0 Å². The third-order valence-corrected chi connectivity index (χ3v) is 2.53. The van der Waals surface area contributed by atoms with E-state index in [2.05, 4.69) is 15.9 Å². The van der Waals surface area contributed by atoms with E-state index < -0.39 is 0 Å². The van der Waals surface area contributed by atoms with Gasteiger partial charge in [0.15, 0.2) is 6.29 Å². The molecule has 0 bridgehead atoms. The first-order valence-corrected chi connectivity index (χ1v) is 4.72. The molecule has 0 amide bonds. The van der Waals surface area contributed by atoms with Crippen LogP contribution in [0.4, 0.5) is 0 Å². The molecule has 0 aliphatic heterocycles. The third-order valence-electron chi connectivity index (χ3n) is 1.76. The monoisotopic (exact) mass is 258 g/mol. The molecule has 0 unspecified atom stereocenters. The first-order chi connectivity index (χ1) is 6.22. The van der Waals surface area contributed by atoms with E-state index >= 15 is 0 Å². The summed E-state index contributed by atoms with van der Waals surface area (Å²) in [7, 11) is 0. The Morgan fingerprint density at radius 2 is 2.23 bits per heavy atom. The number of rotatable bonds is 1. The van der Waals surface area contributed by atoms with Crippen LogP contribution in [0.2, 0.25) is 5.22 Å². The van der Waals surface area contributed by atoms with Gasteiger partial charge in [0, 0.05) is 9.86 Å². The van der Waals surface area contributed by atoms with Crippen LogP contribution in [0.5, 0.6) is 0 Å². The van der Waals surface area contributed by atoms with E-state index in [9.17, 15) is 4.79 Å². The molecule has 13 heavy (non-hydrogen) atoms. The summed E-state index contributed by atoms with van der Waals surface area (Å²) in [5.41, 5.74) is 1.02. The van der Waals surface area contributed by atoms with Gasteiger partial charge in [0.05, 0.1) is 5.56 Å². The molecule has 0 aliphatic rings. The highest BCUT2D eigenvalue weighted by Crippen LogP contribution is 2.30. The van der Waals surface area contributed by atoms with Crippen LogP contribution in [-0.4, -0.2) is 6.29 Å². The molecule has 0 aliphatic carbocycles. The summed E-state index contributed by atoms with van der Waals surface area (Å²) in [6.45, 7) is 0. The molecule has 0 saturated heterocycles. The summed E-state index contributed by atoms with van der Waals surface area (Å²) < 4.78 is 6.05. The van der Waals surface area contributed by atoms with Crippen molar-refractivity contribution >= 4 is 44.8 Å². The Balaban J connectivity index is 2.88. The molecular weight excluding hydrogens is 255 g/mol. The minimum Gasteiger partial charge on any atom is -0.444 e. The highest BCUT2D eigenvalue weighted by atomic mass is 79.9. The molecule has 2 nitrogen and oxygen atoms in total. The molecule has 2 aromatic rings. The molecule has 0 N–H and O–H groups in total. The highest BCUT2D eigenvalue weighted by Gasteiger charge is 2.11. The predicted octanol–water partition coefficient (Wildman–Crippen LogP) is 3.66. The van der Waals surface area contributed by atoms with Crippen molar-refractivity contribution in [2.45, 2.75) is 0 Å². The molecule has 1 aromatic carbocycles. The Hall–Kier alpha value is -0.800. The van der Waals surface area contributed by atoms with Gasteiger partial charge in [-0.15, -0.1) is 0 Å². The van der Waals surface area contributed by atoms with Gasteiger partial charge in [0.25, 0.3) is 0 Å². The van der Waals surface area contributed by atoms with Gasteiger partial charge in [-0.1, -0.05) is 15.9 Å². The molecule has 2 rings (SSSR count). The molecule has 1 heterocycles. The number of furan rings is 1. The molecule has 1 aromatic heterocycles. The molecule has 0 fully saturated rings. The van der Waals surface area contributed by atoms with E-state index in [-0.39, 0.29) is 5.22 Å². The van der Waals surface area contributed by atoms with E-state index in [1.807, 2.05) is 6.07 Å². The van der Waals surface area contributed by atoms with E-state index in [4.69, 9.17) is 16.0 Å². The molecule has 0 spiro atoms. The maximum absolute atomic E-state index is 10.7. The van der Waals surface area contributed by atoms with Gasteiger partial charge in [-0.25, -0.2) is 0 Å². The lowest BCUT2D eigenvalue weighted by atomic mass is 10.2. The smallest absolute Gasteiger partial charge is 0.205 e. The van der Waals surface area contributed by atoms with Crippen molar-refractivity contribution in [1.29, 1.82) is 0 Å². The normalized spacial score (nSPS) is 10.6. The lowest BCUT2D eigenvalue weighted by Crippen LogP contribution is -1.75. The number of hydrogen-bond donors (Lipinski definition) is 0. The Morgan fingerprint density at radius 3 is 2.92 bits per heavy atom. The number of carbonyl (C=O) groups is 1. The molecule has 0 radical (unpaired) electrons. The second-order valence-corrected chi connectivity index (χ2v) is 3.81. The zero-order chi connectivity index (χ0) is 9.42. The molecule has 0 atom stereocenters. The number of benzene rings is 1. The van der Waals surface area contributed by atoms with Crippen LogP contribution in [0.1, 0.15) is 10.4 Å². The highest BCUT2D eigenvalue weighted by molar-refractivity contribution is 9.10. The molecule has 66 valence electrons. The zero-order valence-electron chi connectivity index (χ0n) is 6.38. The summed E-state index contributed by atoms with van der Waals surface area (Å²) in [4.78, 5) is 10.7. The summed E-state index contributed by atoms with van der Waals surface area (Å²) in [6, 6.07) is 5.39. The summed E-state index contributed by atoms with van der Waals surface area (Å²) in [6.07, 6.45) is 0.695. The fourth-order valence-electron chi connectivity index (χ4n) is 1.17. The van der Waals surface area contributed by atoms with Crippen LogP contribution in [0.25, 0.3) is 11.0 Å². The van der Waals surface area contributed by atoms with E-state index in [0.29, 0.717) is 17.4 Å². The van der Waals surface area contributed by atoms with Crippen molar-refractivity contribution in [3.8, 4) is 0 Å². The van der Waals surface area contributed by atoms with Crippen LogP contribution in [0, 0.1) is 0 Å². The van der Waals surface area contributed by atoms with Crippen LogP contribution in [0.3, 0.4) is 0 Å².